The first-order valence-corrected chi connectivity index (χ1v) is 7.10. The number of ether oxygens (including phenoxy) is 1. The summed E-state index contributed by atoms with van der Waals surface area (Å²) >= 11 is 1.20. The summed E-state index contributed by atoms with van der Waals surface area (Å²) in [7, 11) is 0. The molecule has 0 aliphatic carbocycles. The van der Waals surface area contributed by atoms with E-state index in [-0.39, 0.29) is 11.7 Å². The monoisotopic (exact) mass is 308 g/mol. The van der Waals surface area contributed by atoms with Crippen LogP contribution >= 0.6 is 11.3 Å². The average molecular weight is 308 g/mol. The second-order valence-corrected chi connectivity index (χ2v) is 6.26. The molecule has 8 heteroatoms. The zero-order valence-corrected chi connectivity index (χ0v) is 12.8. The molecule has 0 radical (unpaired) electrons. The van der Waals surface area contributed by atoms with E-state index in [4.69, 9.17) is 10.5 Å². The summed E-state index contributed by atoms with van der Waals surface area (Å²) in [5, 5.41) is 0.225. The van der Waals surface area contributed by atoms with Gasteiger partial charge < -0.3 is 10.5 Å². The predicted octanol–water partition coefficient (Wildman–Crippen LogP) is 1.92. The van der Waals surface area contributed by atoms with Gasteiger partial charge in [0.05, 0.1) is 17.4 Å². The van der Waals surface area contributed by atoms with E-state index in [0.29, 0.717) is 5.52 Å². The van der Waals surface area contributed by atoms with Gasteiger partial charge in [0.2, 0.25) is 5.13 Å². The molecule has 0 aliphatic heterocycles. The minimum absolute atomic E-state index is 0.225. The van der Waals surface area contributed by atoms with Crippen molar-refractivity contribution >= 4 is 38.7 Å². The highest BCUT2D eigenvalue weighted by molar-refractivity contribution is 7.22. The lowest BCUT2D eigenvalue weighted by atomic mass is 10.2. The summed E-state index contributed by atoms with van der Waals surface area (Å²) in [5.74, 6) is -0.573. The number of nitrogens with zero attached hydrogens (tertiary/aromatic N) is 3. The van der Waals surface area contributed by atoms with Crippen molar-refractivity contribution in [3.05, 3.63) is 18.5 Å². The van der Waals surface area contributed by atoms with Crippen LogP contribution < -0.4 is 10.6 Å². The first-order valence-electron chi connectivity index (χ1n) is 6.28. The molecule has 2 amide bonds. The van der Waals surface area contributed by atoms with E-state index < -0.39 is 17.6 Å². The molecule has 0 saturated carbocycles. The van der Waals surface area contributed by atoms with E-state index in [1.165, 1.54) is 11.3 Å². The third kappa shape index (κ3) is 3.53. The van der Waals surface area contributed by atoms with E-state index >= 15 is 0 Å². The molecule has 21 heavy (non-hydrogen) atoms. The normalized spacial score (nSPS) is 11.4. The fourth-order valence-corrected chi connectivity index (χ4v) is 2.49. The SMILES string of the molecule is CC(C)(C)OC(=O)N(C(=O)CN)c1nc2cnccc2s1. The summed E-state index contributed by atoms with van der Waals surface area (Å²) in [6.45, 7) is 4.85. The van der Waals surface area contributed by atoms with E-state index in [9.17, 15) is 9.59 Å². The second-order valence-electron chi connectivity index (χ2n) is 5.25. The maximum absolute atomic E-state index is 12.2. The van der Waals surface area contributed by atoms with Gasteiger partial charge in [0.15, 0.2) is 0 Å². The molecule has 2 N–H and O–H groups in total. The van der Waals surface area contributed by atoms with Crippen LogP contribution in [-0.4, -0.2) is 34.1 Å². The van der Waals surface area contributed by atoms with Crippen molar-refractivity contribution in [3.63, 3.8) is 0 Å². The molecule has 0 saturated heterocycles. The van der Waals surface area contributed by atoms with Gasteiger partial charge in [-0.05, 0) is 26.8 Å². The van der Waals surface area contributed by atoms with Crippen molar-refractivity contribution in [1.82, 2.24) is 9.97 Å². The summed E-state index contributed by atoms with van der Waals surface area (Å²) in [6.07, 6.45) is 2.40. The molecule has 2 aromatic heterocycles. The third-order valence-corrected chi connectivity index (χ3v) is 3.39. The molecule has 0 aliphatic rings. The van der Waals surface area contributed by atoms with Gasteiger partial charge in [-0.25, -0.2) is 9.78 Å². The molecule has 0 atom stereocenters. The summed E-state index contributed by atoms with van der Waals surface area (Å²) in [4.78, 5) is 33.2. The lowest BCUT2D eigenvalue weighted by Gasteiger charge is -2.24. The maximum Gasteiger partial charge on any atom is 0.423 e. The maximum atomic E-state index is 12.2. The Morgan fingerprint density at radius 2 is 2.14 bits per heavy atom. The molecule has 112 valence electrons. The summed E-state index contributed by atoms with van der Waals surface area (Å²) in [5.41, 5.74) is 5.26. The van der Waals surface area contributed by atoms with Crippen LogP contribution in [0.25, 0.3) is 10.2 Å². The minimum Gasteiger partial charge on any atom is -0.443 e. The first-order chi connectivity index (χ1) is 9.81. The van der Waals surface area contributed by atoms with Crippen molar-refractivity contribution < 1.29 is 14.3 Å². The molecule has 0 bridgehead atoms. The van der Waals surface area contributed by atoms with Crippen molar-refractivity contribution in [2.24, 2.45) is 5.73 Å². The van der Waals surface area contributed by atoms with Gasteiger partial charge in [-0.15, -0.1) is 0 Å². The second kappa shape index (κ2) is 5.74. The fourth-order valence-electron chi connectivity index (χ4n) is 1.55. The Kier molecular flexibility index (Phi) is 4.19. The largest absolute Gasteiger partial charge is 0.443 e. The molecule has 0 unspecified atom stereocenters. The molecule has 0 spiro atoms. The van der Waals surface area contributed by atoms with E-state index in [0.717, 1.165) is 9.60 Å². The molecule has 0 fully saturated rings. The summed E-state index contributed by atoms with van der Waals surface area (Å²) < 4.78 is 6.05. The Hall–Kier alpha value is -2.06. The molecule has 2 aromatic rings. The smallest absolute Gasteiger partial charge is 0.423 e. The van der Waals surface area contributed by atoms with Crippen LogP contribution in [0, 0.1) is 0 Å². The van der Waals surface area contributed by atoms with Crippen LogP contribution in [0.4, 0.5) is 9.93 Å². The van der Waals surface area contributed by atoms with Crippen molar-refractivity contribution in [2.75, 3.05) is 11.4 Å². The Morgan fingerprint density at radius 3 is 2.71 bits per heavy atom. The van der Waals surface area contributed by atoms with Gasteiger partial charge >= 0.3 is 6.09 Å². The number of imide groups is 1. The Morgan fingerprint density at radius 1 is 1.43 bits per heavy atom. The standard InChI is InChI=1S/C13H16N4O3S/c1-13(2,3)20-12(19)17(10(18)6-14)11-16-8-7-15-5-4-9(8)21-11/h4-5,7H,6,14H2,1-3H3. The number of anilines is 1. The van der Waals surface area contributed by atoms with Crippen molar-refractivity contribution in [1.29, 1.82) is 0 Å². The topological polar surface area (TPSA) is 98.4 Å². The van der Waals surface area contributed by atoms with Crippen LogP contribution in [0.2, 0.25) is 0 Å². The zero-order chi connectivity index (χ0) is 15.6. The van der Waals surface area contributed by atoms with E-state index in [1.807, 2.05) is 0 Å². The van der Waals surface area contributed by atoms with Gasteiger partial charge in [0.1, 0.15) is 11.1 Å². The van der Waals surface area contributed by atoms with Crippen LogP contribution in [0.15, 0.2) is 18.5 Å². The van der Waals surface area contributed by atoms with Gasteiger partial charge in [-0.2, -0.15) is 4.90 Å². The molecule has 0 aromatic carbocycles. The van der Waals surface area contributed by atoms with Gasteiger partial charge in [-0.1, -0.05) is 11.3 Å². The highest BCUT2D eigenvalue weighted by Gasteiger charge is 2.30. The number of nitrogens with two attached hydrogens (primary N) is 1. The van der Waals surface area contributed by atoms with E-state index in [2.05, 4.69) is 9.97 Å². The van der Waals surface area contributed by atoms with Gasteiger partial charge in [0, 0.05) is 6.20 Å². The number of hydrogen-bond acceptors (Lipinski definition) is 7. The minimum atomic E-state index is -0.787. The lowest BCUT2D eigenvalue weighted by molar-refractivity contribution is -0.117. The molecule has 2 heterocycles. The van der Waals surface area contributed by atoms with Crippen LogP contribution in [0.5, 0.6) is 0 Å². The number of fused-ring (bicyclic) bond motifs is 1. The predicted molar refractivity (Wildman–Crippen MR) is 80.2 cm³/mol. The summed E-state index contributed by atoms with van der Waals surface area (Å²) in [6, 6.07) is 1.76. The third-order valence-electron chi connectivity index (χ3n) is 2.37. The van der Waals surface area contributed by atoms with Crippen LogP contribution in [0.3, 0.4) is 0 Å². The Labute approximate surface area is 125 Å². The number of carbonyl (C=O) groups excluding carboxylic acids is 2. The highest BCUT2D eigenvalue weighted by Crippen LogP contribution is 2.29. The highest BCUT2D eigenvalue weighted by atomic mass is 32.1. The molecular formula is C13H16N4O3S. The average Bonchev–Trinajstić information content (AvgIpc) is 2.79. The molecule has 7 nitrogen and oxygen atoms in total. The number of thiazole rings is 1. The quantitative estimate of drug-likeness (QED) is 0.910. The Balaban J connectivity index is 2.40. The van der Waals surface area contributed by atoms with Crippen LogP contribution in [-0.2, 0) is 9.53 Å². The zero-order valence-electron chi connectivity index (χ0n) is 12.0. The molecular weight excluding hydrogens is 292 g/mol. The van der Waals surface area contributed by atoms with Crippen molar-refractivity contribution in [2.45, 2.75) is 26.4 Å². The number of rotatable bonds is 2. The van der Waals surface area contributed by atoms with Gasteiger partial charge in [-0.3, -0.25) is 9.78 Å². The van der Waals surface area contributed by atoms with Gasteiger partial charge in [0.25, 0.3) is 5.91 Å². The number of pyridine rings is 1. The fraction of sp³-hybridized carbons (Fsp3) is 0.385. The first kappa shape index (κ1) is 15.3. The number of aromatic nitrogens is 2. The lowest BCUT2D eigenvalue weighted by Crippen LogP contribution is -2.43. The van der Waals surface area contributed by atoms with E-state index in [1.54, 1.807) is 39.2 Å². The number of amides is 2. The van der Waals surface area contributed by atoms with Crippen molar-refractivity contribution in [3.8, 4) is 0 Å². The Bertz CT molecular complexity index is 644. The van der Waals surface area contributed by atoms with Crippen LogP contribution in [0.1, 0.15) is 20.8 Å². The number of carbonyl (C=O) groups is 2. The number of hydrogen-bond donors (Lipinski definition) is 1. The molecule has 2 rings (SSSR count).